The topological polar surface area (TPSA) is 202 Å². The lowest BCUT2D eigenvalue weighted by Gasteiger charge is -2.39. The minimum absolute atomic E-state index is 0.00728. The standard InChI is InChI=1S/C32H34ClF2N7O2S.C26H28N2O5.2C2H6/c1-4-8-32(9-5-10-40(32)3)16-44-31-38-27-20(30(39-31)42-12-11-41(17-43)15-18(42)2)13-22(33)25(26(27)35)19-6-7-23(34)28-24(19)21(14-36)29(37)45-28;1-6-17-18-9-16(33-15(4)14(2)3)7-8-22(18)27-25-20(17)11-28-23(25)10-19(24(30)12-29)21(13-32-5)26(28)31;2*1-2/h6-7,13,17-18H,4-5,8-12,15-16,37H2,1-3H3;7-10,12,15,24,30H,2,6,11,13H2,1,3-5H3;2*1-2H3. The molecule has 0 radical (unpaired) electrons. The average molecular weight is 1160 g/mol. The number of aryl methyl sites for hydroxylation is 1. The van der Waals surface area contributed by atoms with Gasteiger partial charge in [-0.25, -0.2) is 13.8 Å². The molecule has 4 atom stereocenters. The fraction of sp³-hybridized carbons (Fsp3) is 0.435. The predicted octanol–water partition coefficient (Wildman–Crippen LogP) is 12.0. The molecule has 7 aromatic rings. The molecule has 10 rings (SSSR count). The van der Waals surface area contributed by atoms with Crippen molar-refractivity contribution in [3.8, 4) is 40.3 Å². The molecule has 4 unspecified atom stereocenters. The summed E-state index contributed by atoms with van der Waals surface area (Å²) in [5.41, 5.74) is 11.5. The zero-order valence-corrected chi connectivity index (χ0v) is 50.3. The number of thiophene rings is 1. The van der Waals surface area contributed by atoms with Crippen molar-refractivity contribution in [2.75, 3.05) is 57.6 Å². The van der Waals surface area contributed by atoms with Crippen molar-refractivity contribution in [3.05, 3.63) is 109 Å². The van der Waals surface area contributed by atoms with Crippen LogP contribution in [0.3, 0.4) is 0 Å². The maximum atomic E-state index is 16.9. The van der Waals surface area contributed by atoms with E-state index in [1.807, 2.05) is 77.6 Å². The highest BCUT2D eigenvalue weighted by atomic mass is 35.5. The predicted molar refractivity (Wildman–Crippen MR) is 323 cm³/mol. The van der Waals surface area contributed by atoms with Gasteiger partial charge >= 0.3 is 6.01 Å². The van der Waals surface area contributed by atoms with Crippen LogP contribution in [0.25, 0.3) is 54.4 Å². The summed E-state index contributed by atoms with van der Waals surface area (Å²) >= 11 is 7.76. The van der Waals surface area contributed by atoms with Gasteiger partial charge < -0.3 is 44.2 Å². The van der Waals surface area contributed by atoms with Crippen molar-refractivity contribution < 1.29 is 37.7 Å². The van der Waals surface area contributed by atoms with Gasteiger partial charge in [0.15, 0.2) is 12.1 Å². The van der Waals surface area contributed by atoms with Gasteiger partial charge in [-0.2, -0.15) is 15.2 Å². The van der Waals surface area contributed by atoms with Crippen LogP contribution in [0, 0.1) is 23.0 Å². The van der Waals surface area contributed by atoms with Gasteiger partial charge in [0.25, 0.3) is 5.56 Å². The number of nitrogens with two attached hydrogens (primary N) is 1. The molecule has 7 heterocycles. The Bertz CT molecular complexity index is 3640. The van der Waals surface area contributed by atoms with Crippen LogP contribution >= 0.6 is 22.9 Å². The molecule has 1 amide bonds. The molecule has 3 aromatic carbocycles. The fourth-order valence-corrected chi connectivity index (χ4v) is 12.5. The molecule has 3 aliphatic heterocycles. The number of nitrogens with zero attached hydrogens (tertiary/aromatic N) is 8. The van der Waals surface area contributed by atoms with E-state index in [9.17, 15) is 29.1 Å². The Morgan fingerprint density at radius 3 is 2.43 bits per heavy atom. The minimum Gasteiger partial charge on any atom is -0.486 e. The monoisotopic (exact) mass is 1160 g/mol. The minimum atomic E-state index is -1.40. The number of carbonyl (C=O) groups excluding carboxylic acids is 2. The number of aromatic nitrogens is 4. The molecule has 3 aliphatic rings. The Morgan fingerprint density at radius 1 is 1.06 bits per heavy atom. The first-order chi connectivity index (χ1) is 39.4. The number of ether oxygens (including phenoxy) is 3. The molecule has 82 heavy (non-hydrogen) atoms. The number of halogens is 3. The highest BCUT2D eigenvalue weighted by Crippen LogP contribution is 2.46. The number of hydrogen-bond donors (Lipinski definition) is 2. The number of piperazine rings is 1. The summed E-state index contributed by atoms with van der Waals surface area (Å²) in [4.78, 5) is 56.4. The number of hydrogen-bond acceptors (Lipinski definition) is 15. The van der Waals surface area contributed by atoms with E-state index < -0.39 is 17.7 Å². The number of pyridine rings is 2. The van der Waals surface area contributed by atoms with Gasteiger partial charge in [0.1, 0.15) is 52.8 Å². The van der Waals surface area contributed by atoms with Crippen LogP contribution in [0.2, 0.25) is 5.02 Å². The van der Waals surface area contributed by atoms with Crippen LogP contribution in [-0.2, 0) is 33.9 Å². The highest BCUT2D eigenvalue weighted by molar-refractivity contribution is 7.23. The van der Waals surface area contributed by atoms with Crippen LogP contribution in [0.15, 0.2) is 59.4 Å². The third-order valence-corrected chi connectivity index (χ3v) is 16.8. The summed E-state index contributed by atoms with van der Waals surface area (Å²) in [5.74, 6) is -0.119. The summed E-state index contributed by atoms with van der Waals surface area (Å²) in [6.07, 6.45) is 4.43. The quantitative estimate of drug-likeness (QED) is 0.0683. The first-order valence-corrected chi connectivity index (χ1v) is 29.2. The lowest BCUT2D eigenvalue weighted by molar-refractivity contribution is -0.118. The Hall–Kier alpha value is -7.08. The molecule has 4 aromatic heterocycles. The van der Waals surface area contributed by atoms with E-state index in [-0.39, 0.29) is 89.3 Å². The Balaban J connectivity index is 0.000000232. The number of benzene rings is 3. The summed E-state index contributed by atoms with van der Waals surface area (Å²) < 4.78 is 51.1. The second-order valence-electron chi connectivity index (χ2n) is 20.4. The molecule has 0 spiro atoms. The lowest BCUT2D eigenvalue weighted by Crippen LogP contribution is -2.51. The highest BCUT2D eigenvalue weighted by Gasteiger charge is 2.39. The molecule has 436 valence electrons. The number of methoxy groups -OCH3 is 1. The summed E-state index contributed by atoms with van der Waals surface area (Å²) in [6.45, 7) is 25.1. The summed E-state index contributed by atoms with van der Waals surface area (Å²) in [7, 11) is 3.57. The largest absolute Gasteiger partial charge is 0.486 e. The normalized spacial score (nSPS) is 17.1. The number of aliphatic hydroxyl groups excluding tert-OH is 1. The first-order valence-electron chi connectivity index (χ1n) is 28.0. The van der Waals surface area contributed by atoms with E-state index in [4.69, 9.17) is 41.5 Å². The molecule has 2 saturated heterocycles. The van der Waals surface area contributed by atoms with Crippen molar-refractivity contribution in [3.63, 3.8) is 0 Å². The van der Waals surface area contributed by atoms with E-state index in [1.54, 1.807) is 21.6 Å². The van der Waals surface area contributed by atoms with Crippen LogP contribution in [-0.4, -0.2) is 112 Å². The van der Waals surface area contributed by atoms with Crippen LogP contribution < -0.4 is 25.7 Å². The van der Waals surface area contributed by atoms with Gasteiger partial charge in [0, 0.05) is 71.2 Å². The summed E-state index contributed by atoms with van der Waals surface area (Å²) in [6, 6.07) is 13.6. The number of likely N-dealkylation sites (N-methyl/N-ethyl adjacent to an activating group) is 1. The molecule has 2 fully saturated rings. The second-order valence-corrected chi connectivity index (χ2v) is 21.8. The molecular formula is C62H74ClF2N9O7S. The van der Waals surface area contributed by atoms with Gasteiger partial charge in [0.05, 0.1) is 50.9 Å². The number of amides is 1. The Labute approximate surface area is 487 Å². The van der Waals surface area contributed by atoms with Gasteiger partial charge in [-0.1, -0.05) is 72.2 Å². The van der Waals surface area contributed by atoms with Crippen molar-refractivity contribution in [1.82, 2.24) is 29.3 Å². The second kappa shape index (κ2) is 26.9. The van der Waals surface area contributed by atoms with E-state index in [2.05, 4.69) is 37.4 Å². The van der Waals surface area contributed by atoms with Crippen molar-refractivity contribution in [2.24, 2.45) is 0 Å². The molecule has 20 heteroatoms. The molecule has 0 aliphatic carbocycles. The number of rotatable bonds is 16. The molecule has 0 saturated carbocycles. The lowest BCUT2D eigenvalue weighted by atomic mass is 9.92. The zero-order chi connectivity index (χ0) is 59.9. The fourth-order valence-electron chi connectivity index (χ4n) is 11.3. The number of aliphatic hydroxyl groups is 1. The average Bonchev–Trinajstić information content (AvgIpc) is 3.05. The van der Waals surface area contributed by atoms with Crippen molar-refractivity contribution >= 4 is 78.3 Å². The van der Waals surface area contributed by atoms with Crippen LogP contribution in [0.4, 0.5) is 19.6 Å². The zero-order valence-electron chi connectivity index (χ0n) is 48.7. The van der Waals surface area contributed by atoms with Crippen molar-refractivity contribution in [2.45, 2.75) is 131 Å². The first kappa shape index (κ1) is 62.5. The van der Waals surface area contributed by atoms with Crippen molar-refractivity contribution in [1.29, 1.82) is 5.26 Å². The number of nitriles is 1. The molecule has 16 nitrogen and oxygen atoms in total. The van der Waals surface area contributed by atoms with Gasteiger partial charge in [-0.15, -0.1) is 11.3 Å². The summed E-state index contributed by atoms with van der Waals surface area (Å²) in [5, 5.41) is 21.8. The third-order valence-electron chi connectivity index (χ3n) is 15.5. The molecule has 0 bridgehead atoms. The number of fused-ring (bicyclic) bond motifs is 6. The van der Waals surface area contributed by atoms with Gasteiger partial charge in [0.2, 0.25) is 6.41 Å². The Morgan fingerprint density at radius 2 is 1.80 bits per heavy atom. The number of nitrogen functional groups attached to an aromatic ring is 1. The molecule has 3 N–H and O–H groups in total. The SMILES string of the molecule is C=C(C)C(C)Oc1ccc2nc3c(c(CC)c2c1)Cn1c-3cc(C(O)C=O)c(COC)c1=O.CC.CC.CCCC1(COc2nc(N3CCN(C=O)CC3C)c3cc(Cl)c(-c4ccc(F)c5sc(N)c(C#N)c45)c(F)c3n2)CCCN1C. The number of anilines is 2. The molecular weight excluding hydrogens is 1090 g/mol. The Kier molecular flexibility index (Phi) is 20.5. The maximum Gasteiger partial charge on any atom is 0.319 e. The number of aldehydes is 1. The maximum absolute atomic E-state index is 16.9. The van der Waals surface area contributed by atoms with E-state index in [1.165, 1.54) is 19.2 Å². The number of likely N-dealkylation sites (tertiary alicyclic amines) is 1. The van der Waals surface area contributed by atoms with Crippen LogP contribution in [0.5, 0.6) is 11.8 Å². The van der Waals surface area contributed by atoms with E-state index >= 15 is 4.39 Å². The smallest absolute Gasteiger partial charge is 0.319 e. The van der Waals surface area contributed by atoms with E-state index in [0.717, 1.165) is 89.7 Å². The number of carbonyl (C=O) groups is 2. The van der Waals surface area contributed by atoms with E-state index in [0.29, 0.717) is 61.7 Å². The van der Waals surface area contributed by atoms with Gasteiger partial charge in [-0.05, 0) is 113 Å². The third kappa shape index (κ3) is 11.9. The van der Waals surface area contributed by atoms with Gasteiger partial charge in [-0.3, -0.25) is 14.5 Å². The van der Waals surface area contributed by atoms with Crippen LogP contribution in [0.1, 0.15) is 122 Å².